The van der Waals surface area contributed by atoms with Crippen LogP contribution in [0.25, 0.3) is 10.8 Å². The van der Waals surface area contributed by atoms with Crippen LogP contribution in [0.15, 0.2) is 47.6 Å². The van der Waals surface area contributed by atoms with Gasteiger partial charge < -0.3 is 15.9 Å². The molecular formula is C19H23N5O2S. The first-order valence-electron chi connectivity index (χ1n) is 8.65. The summed E-state index contributed by atoms with van der Waals surface area (Å²) >= 11 is 1.26. The maximum atomic E-state index is 12.0. The number of nitrogens with one attached hydrogen (secondary N) is 1. The maximum Gasteiger partial charge on any atom is 0.230 e. The molecule has 0 bridgehead atoms. The number of fused-ring (bicyclic) bond motifs is 1. The maximum absolute atomic E-state index is 12.0. The van der Waals surface area contributed by atoms with Crippen molar-refractivity contribution in [2.75, 3.05) is 25.3 Å². The third-order valence-corrected chi connectivity index (χ3v) is 5.06. The number of benzene rings is 2. The molecule has 1 atom stereocenters. The number of amides is 1. The van der Waals surface area contributed by atoms with Gasteiger partial charge in [0.1, 0.15) is 0 Å². The molecule has 0 unspecified atom stereocenters. The number of nitrogen functional groups attached to an aromatic ring is 1. The van der Waals surface area contributed by atoms with Crippen molar-refractivity contribution in [3.63, 3.8) is 0 Å². The average molecular weight is 385 g/mol. The van der Waals surface area contributed by atoms with Crippen LogP contribution in [-0.2, 0) is 16.0 Å². The number of ether oxygens (including phenoxy) is 1. The van der Waals surface area contributed by atoms with E-state index in [1.54, 1.807) is 7.11 Å². The minimum atomic E-state index is -0.0943. The topological polar surface area (TPSA) is 95.1 Å². The first-order valence-corrected chi connectivity index (χ1v) is 9.64. The zero-order valence-corrected chi connectivity index (χ0v) is 16.2. The van der Waals surface area contributed by atoms with Gasteiger partial charge in [-0.05, 0) is 23.3 Å². The largest absolute Gasteiger partial charge is 0.383 e. The third-order valence-electron chi connectivity index (χ3n) is 4.12. The van der Waals surface area contributed by atoms with Crippen molar-refractivity contribution in [2.45, 2.75) is 24.5 Å². The highest BCUT2D eigenvalue weighted by Gasteiger charge is 2.14. The lowest BCUT2D eigenvalue weighted by atomic mass is 10.0. The number of carbonyl (C=O) groups is 1. The molecule has 0 fully saturated rings. The second-order valence-electron chi connectivity index (χ2n) is 6.30. The van der Waals surface area contributed by atoms with Gasteiger partial charge in [-0.25, -0.2) is 4.68 Å². The minimum absolute atomic E-state index is 0.0410. The Morgan fingerprint density at radius 1 is 1.26 bits per heavy atom. The fourth-order valence-electron chi connectivity index (χ4n) is 2.88. The Bertz CT molecular complexity index is 922. The normalized spacial score (nSPS) is 12.2. The summed E-state index contributed by atoms with van der Waals surface area (Å²) in [5.74, 6) is 6.93. The third kappa shape index (κ3) is 4.78. The van der Waals surface area contributed by atoms with Crippen LogP contribution in [0.2, 0.25) is 0 Å². The monoisotopic (exact) mass is 385 g/mol. The van der Waals surface area contributed by atoms with Crippen molar-refractivity contribution in [3.8, 4) is 0 Å². The van der Waals surface area contributed by atoms with Gasteiger partial charge in [0.2, 0.25) is 11.1 Å². The Kier molecular flexibility index (Phi) is 6.31. The zero-order valence-electron chi connectivity index (χ0n) is 15.4. The summed E-state index contributed by atoms with van der Waals surface area (Å²) < 4.78 is 6.47. The standard InChI is InChI=1S/C19H23N5O2S/c1-13(11-26-2)21-18(25)12-27-19-23-22-17(24(19)20)10-15-8-5-7-14-6-3-4-9-16(14)15/h3-9,13H,10-12,20H2,1-2H3,(H,21,25)/t13-/m0/s1. The molecule has 3 aromatic rings. The van der Waals surface area contributed by atoms with Crippen LogP contribution >= 0.6 is 11.8 Å². The molecule has 142 valence electrons. The summed E-state index contributed by atoms with van der Waals surface area (Å²) in [5, 5.41) is 14.0. The van der Waals surface area contributed by atoms with E-state index in [-0.39, 0.29) is 17.7 Å². The second kappa shape index (κ2) is 8.88. The van der Waals surface area contributed by atoms with Crippen molar-refractivity contribution in [1.29, 1.82) is 0 Å². The predicted molar refractivity (Wildman–Crippen MR) is 107 cm³/mol. The van der Waals surface area contributed by atoms with Crippen molar-refractivity contribution < 1.29 is 9.53 Å². The molecule has 1 amide bonds. The molecule has 0 saturated carbocycles. The molecule has 3 N–H and O–H groups in total. The fourth-order valence-corrected chi connectivity index (χ4v) is 3.57. The van der Waals surface area contributed by atoms with Gasteiger partial charge in [-0.15, -0.1) is 10.2 Å². The van der Waals surface area contributed by atoms with Crippen molar-refractivity contribution in [2.24, 2.45) is 0 Å². The summed E-state index contributed by atoms with van der Waals surface area (Å²) in [5.41, 5.74) is 1.13. The van der Waals surface area contributed by atoms with E-state index < -0.39 is 0 Å². The SMILES string of the molecule is COC[C@H](C)NC(=O)CSc1nnc(Cc2cccc3ccccc23)n1N. The highest BCUT2D eigenvalue weighted by atomic mass is 32.2. The molecule has 1 heterocycles. The number of carbonyl (C=O) groups excluding carboxylic acids is 1. The predicted octanol–water partition coefficient (Wildman–Crippen LogP) is 1.98. The number of nitrogens with two attached hydrogens (primary N) is 1. The smallest absolute Gasteiger partial charge is 0.230 e. The molecule has 0 radical (unpaired) electrons. The van der Waals surface area contributed by atoms with Gasteiger partial charge >= 0.3 is 0 Å². The van der Waals surface area contributed by atoms with Gasteiger partial charge in [0.25, 0.3) is 0 Å². The molecule has 1 aromatic heterocycles. The van der Waals surface area contributed by atoms with E-state index in [0.29, 0.717) is 24.0 Å². The Morgan fingerprint density at radius 3 is 2.85 bits per heavy atom. The van der Waals surface area contributed by atoms with E-state index in [0.717, 1.165) is 5.56 Å². The van der Waals surface area contributed by atoms with E-state index in [1.807, 2.05) is 25.1 Å². The lowest BCUT2D eigenvalue weighted by Gasteiger charge is -2.12. The molecule has 7 nitrogen and oxygen atoms in total. The quantitative estimate of drug-likeness (QED) is 0.455. The van der Waals surface area contributed by atoms with Crippen molar-refractivity contribution in [1.82, 2.24) is 20.2 Å². The fraction of sp³-hybridized carbons (Fsp3) is 0.316. The highest BCUT2D eigenvalue weighted by Crippen LogP contribution is 2.22. The van der Waals surface area contributed by atoms with Crippen LogP contribution in [0.4, 0.5) is 0 Å². The number of thioether (sulfide) groups is 1. The molecular weight excluding hydrogens is 362 g/mol. The number of hydrogen-bond acceptors (Lipinski definition) is 6. The summed E-state index contributed by atoms with van der Waals surface area (Å²) in [7, 11) is 1.60. The van der Waals surface area contributed by atoms with Gasteiger partial charge in [-0.3, -0.25) is 4.79 Å². The summed E-state index contributed by atoms with van der Waals surface area (Å²) in [6, 6.07) is 14.3. The summed E-state index contributed by atoms with van der Waals surface area (Å²) in [6.45, 7) is 2.36. The first kappa shape index (κ1) is 19.2. The Morgan fingerprint density at radius 2 is 2.04 bits per heavy atom. The Labute approximate surface area is 162 Å². The lowest BCUT2D eigenvalue weighted by molar-refractivity contribution is -0.119. The molecule has 8 heteroatoms. The number of rotatable bonds is 8. The van der Waals surface area contributed by atoms with E-state index in [9.17, 15) is 4.79 Å². The van der Waals surface area contributed by atoms with Crippen molar-refractivity contribution >= 4 is 28.4 Å². The molecule has 0 spiro atoms. The molecule has 3 rings (SSSR count). The van der Waals surface area contributed by atoms with Gasteiger partial charge in [0, 0.05) is 19.6 Å². The zero-order chi connectivity index (χ0) is 19.2. The molecule has 0 aliphatic rings. The van der Waals surface area contributed by atoms with E-state index in [1.165, 1.54) is 27.2 Å². The number of nitrogens with zero attached hydrogens (tertiary/aromatic N) is 3. The van der Waals surface area contributed by atoms with E-state index >= 15 is 0 Å². The lowest BCUT2D eigenvalue weighted by Crippen LogP contribution is -2.36. The van der Waals surface area contributed by atoms with Crippen LogP contribution in [0.1, 0.15) is 18.3 Å². The summed E-state index contributed by atoms with van der Waals surface area (Å²) in [4.78, 5) is 12.0. The van der Waals surface area contributed by atoms with Gasteiger partial charge in [0.15, 0.2) is 5.82 Å². The second-order valence-corrected chi connectivity index (χ2v) is 7.24. The van der Waals surface area contributed by atoms with Gasteiger partial charge in [-0.1, -0.05) is 54.2 Å². The molecule has 2 aromatic carbocycles. The number of methoxy groups -OCH3 is 1. The molecule has 27 heavy (non-hydrogen) atoms. The number of hydrogen-bond donors (Lipinski definition) is 2. The average Bonchev–Trinajstić information content (AvgIpc) is 3.00. The Balaban J connectivity index is 1.66. The number of aromatic nitrogens is 3. The van der Waals surface area contributed by atoms with Crippen LogP contribution in [0.5, 0.6) is 0 Å². The van der Waals surface area contributed by atoms with Crippen molar-refractivity contribution in [3.05, 3.63) is 53.9 Å². The van der Waals surface area contributed by atoms with Gasteiger partial charge in [-0.2, -0.15) is 0 Å². The Hall–Kier alpha value is -2.58. The van der Waals surface area contributed by atoms with Gasteiger partial charge in [0.05, 0.1) is 12.4 Å². The highest BCUT2D eigenvalue weighted by molar-refractivity contribution is 7.99. The minimum Gasteiger partial charge on any atom is -0.383 e. The van der Waals surface area contributed by atoms with Crippen LogP contribution in [0.3, 0.4) is 0 Å². The molecule has 0 aliphatic heterocycles. The van der Waals surface area contributed by atoms with Crippen LogP contribution in [-0.4, -0.2) is 46.3 Å². The van der Waals surface area contributed by atoms with E-state index in [2.05, 4.69) is 39.8 Å². The summed E-state index contributed by atoms with van der Waals surface area (Å²) in [6.07, 6.45) is 0.572. The first-order chi connectivity index (χ1) is 13.1. The van der Waals surface area contributed by atoms with Crippen LogP contribution < -0.4 is 11.2 Å². The molecule has 0 saturated heterocycles. The van der Waals surface area contributed by atoms with Crippen LogP contribution in [0, 0.1) is 0 Å². The molecule has 0 aliphatic carbocycles. The van der Waals surface area contributed by atoms with E-state index in [4.69, 9.17) is 10.6 Å².